The van der Waals surface area contributed by atoms with E-state index in [2.05, 4.69) is 56.2 Å². The highest BCUT2D eigenvalue weighted by atomic mass is 32.1. The predicted molar refractivity (Wildman–Crippen MR) is 303 cm³/mol. The maximum absolute atomic E-state index is 5.70. The van der Waals surface area contributed by atoms with Gasteiger partial charge < -0.3 is 14.7 Å². The molecule has 4 rings (SSSR count). The number of nitrogens with zero attached hydrogens (tertiary/aromatic N) is 6. The molecule has 0 radical (unpaired) electrons. The minimum absolute atomic E-state index is 1.11. The standard InChI is InChI=1S/C57H102N6S3/c1-7-13-19-25-31-37-43-61(44-38-32-26-20-14-8-2)55-58-49-52(64-55)50-54(66-56(59-50)62(45-39-33-27-21-15-9-3)46-40-34-28-22-16-10-4)51-53(49)65-57(60-51)63(47-41-35-29-23-17-11-5)48-42-36-30-24-18-12-6/h7-48H2,1-6H3. The van der Waals surface area contributed by atoms with E-state index in [9.17, 15) is 0 Å². The number of unbranched alkanes of at least 4 members (excludes halogenated alkanes) is 30. The van der Waals surface area contributed by atoms with Crippen LogP contribution >= 0.6 is 34.0 Å². The van der Waals surface area contributed by atoms with E-state index in [1.54, 1.807) is 0 Å². The summed E-state index contributed by atoms with van der Waals surface area (Å²) >= 11 is 5.84. The van der Waals surface area contributed by atoms with Crippen molar-refractivity contribution >= 4 is 80.1 Å². The number of benzene rings is 1. The molecule has 0 bridgehead atoms. The summed E-state index contributed by atoms with van der Waals surface area (Å²) < 4.78 is 3.91. The lowest BCUT2D eigenvalue weighted by Gasteiger charge is -2.22. The number of rotatable bonds is 45. The number of hydrogen-bond donors (Lipinski definition) is 0. The van der Waals surface area contributed by atoms with Crippen LogP contribution in [0.15, 0.2) is 0 Å². The zero-order valence-electron chi connectivity index (χ0n) is 44.1. The van der Waals surface area contributed by atoms with Gasteiger partial charge in [0, 0.05) is 39.3 Å². The van der Waals surface area contributed by atoms with Gasteiger partial charge in [-0.05, 0) is 38.5 Å². The maximum atomic E-state index is 5.70. The van der Waals surface area contributed by atoms with Gasteiger partial charge in [-0.2, -0.15) is 0 Å². The molecule has 66 heavy (non-hydrogen) atoms. The number of aromatic nitrogens is 3. The Labute approximate surface area is 419 Å². The van der Waals surface area contributed by atoms with Gasteiger partial charge in [0.25, 0.3) is 0 Å². The molecular formula is C57H102N6S3. The van der Waals surface area contributed by atoms with Crippen molar-refractivity contribution < 1.29 is 0 Å². The first kappa shape index (κ1) is 56.9. The molecule has 9 heteroatoms. The third-order valence-electron chi connectivity index (χ3n) is 14.0. The molecular weight excluding hydrogens is 865 g/mol. The van der Waals surface area contributed by atoms with E-state index in [-0.39, 0.29) is 0 Å². The number of hydrogen-bond acceptors (Lipinski definition) is 9. The Kier molecular flexibility index (Phi) is 31.2. The minimum Gasteiger partial charge on any atom is -0.348 e. The van der Waals surface area contributed by atoms with Crippen molar-refractivity contribution in [2.75, 3.05) is 54.0 Å². The maximum Gasteiger partial charge on any atom is 0.186 e. The largest absolute Gasteiger partial charge is 0.348 e. The molecule has 0 atom stereocenters. The predicted octanol–water partition coefficient (Wildman–Crippen LogP) is 20.1. The van der Waals surface area contributed by atoms with Crippen LogP contribution in [0.1, 0.15) is 273 Å². The molecule has 0 N–H and O–H groups in total. The molecule has 6 nitrogen and oxygen atoms in total. The average Bonchev–Trinajstić information content (AvgIpc) is 4.09. The summed E-state index contributed by atoms with van der Waals surface area (Å²) in [6, 6.07) is 0. The Hall–Kier alpha value is -1.71. The van der Waals surface area contributed by atoms with Crippen molar-refractivity contribution in [1.82, 2.24) is 15.0 Å². The summed E-state index contributed by atoms with van der Waals surface area (Å²) in [5.41, 5.74) is 3.52. The Bertz CT molecular complexity index is 1420. The fourth-order valence-electron chi connectivity index (χ4n) is 9.68. The van der Waals surface area contributed by atoms with E-state index in [1.807, 2.05) is 34.0 Å². The highest BCUT2D eigenvalue weighted by Crippen LogP contribution is 2.47. The molecule has 0 spiro atoms. The molecule has 0 fully saturated rings. The Balaban J connectivity index is 1.76. The Morgan fingerprint density at radius 1 is 0.242 bits per heavy atom. The Morgan fingerprint density at radius 2 is 0.409 bits per heavy atom. The van der Waals surface area contributed by atoms with E-state index in [4.69, 9.17) is 15.0 Å². The molecule has 378 valence electrons. The summed E-state index contributed by atoms with van der Waals surface area (Å²) in [5, 5.41) is 3.66. The van der Waals surface area contributed by atoms with Crippen molar-refractivity contribution in [3.63, 3.8) is 0 Å². The molecule has 0 amide bonds. The van der Waals surface area contributed by atoms with E-state index in [0.29, 0.717) is 0 Å². The molecule has 0 aliphatic heterocycles. The lowest BCUT2D eigenvalue weighted by molar-refractivity contribution is 0.574. The van der Waals surface area contributed by atoms with Crippen LogP contribution < -0.4 is 14.7 Å². The molecule has 0 unspecified atom stereocenters. The van der Waals surface area contributed by atoms with Crippen molar-refractivity contribution in [2.24, 2.45) is 0 Å². The van der Waals surface area contributed by atoms with Crippen molar-refractivity contribution in [3.05, 3.63) is 0 Å². The third-order valence-corrected chi connectivity index (χ3v) is 17.4. The van der Waals surface area contributed by atoms with Gasteiger partial charge in [0.05, 0.1) is 14.1 Å². The van der Waals surface area contributed by atoms with Gasteiger partial charge >= 0.3 is 0 Å². The first-order chi connectivity index (χ1) is 32.6. The normalized spacial score (nSPS) is 11.9. The van der Waals surface area contributed by atoms with Crippen LogP contribution in [0.5, 0.6) is 0 Å². The average molecular weight is 968 g/mol. The van der Waals surface area contributed by atoms with E-state index < -0.39 is 0 Å². The topological polar surface area (TPSA) is 48.4 Å². The van der Waals surface area contributed by atoms with Crippen LogP contribution in [-0.2, 0) is 0 Å². The van der Waals surface area contributed by atoms with Gasteiger partial charge in [0.2, 0.25) is 0 Å². The van der Waals surface area contributed by atoms with Gasteiger partial charge in [-0.3, -0.25) is 0 Å². The summed E-state index contributed by atoms with van der Waals surface area (Å²) in [6.07, 6.45) is 47.8. The number of anilines is 3. The van der Waals surface area contributed by atoms with Crippen LogP contribution in [0.4, 0.5) is 15.4 Å². The zero-order chi connectivity index (χ0) is 46.9. The number of fused-ring (bicyclic) bond motifs is 6. The van der Waals surface area contributed by atoms with Crippen LogP contribution in [0.25, 0.3) is 30.6 Å². The minimum atomic E-state index is 1.11. The lowest BCUT2D eigenvalue weighted by atomic mass is 10.1. The summed E-state index contributed by atoms with van der Waals surface area (Å²) in [5.74, 6) is 0. The van der Waals surface area contributed by atoms with Gasteiger partial charge in [-0.15, -0.1) is 0 Å². The molecule has 0 aliphatic rings. The van der Waals surface area contributed by atoms with Gasteiger partial charge in [0.1, 0.15) is 16.6 Å². The summed E-state index contributed by atoms with van der Waals surface area (Å²) in [7, 11) is 0. The molecule has 3 heterocycles. The van der Waals surface area contributed by atoms with Crippen LogP contribution in [0.2, 0.25) is 0 Å². The first-order valence-electron chi connectivity index (χ1n) is 28.9. The molecule has 0 aliphatic carbocycles. The molecule has 0 saturated carbocycles. The van der Waals surface area contributed by atoms with E-state index >= 15 is 0 Å². The first-order valence-corrected chi connectivity index (χ1v) is 31.3. The quantitative estimate of drug-likeness (QED) is 0.0412. The van der Waals surface area contributed by atoms with Crippen molar-refractivity contribution in [2.45, 2.75) is 273 Å². The van der Waals surface area contributed by atoms with Crippen molar-refractivity contribution in [1.29, 1.82) is 0 Å². The zero-order valence-corrected chi connectivity index (χ0v) is 46.6. The Morgan fingerprint density at radius 3 is 0.591 bits per heavy atom. The van der Waals surface area contributed by atoms with Gasteiger partial charge in [0.15, 0.2) is 15.4 Å². The molecule has 3 aromatic heterocycles. The second-order valence-electron chi connectivity index (χ2n) is 20.1. The monoisotopic (exact) mass is 967 g/mol. The van der Waals surface area contributed by atoms with Gasteiger partial charge in [-0.25, -0.2) is 15.0 Å². The summed E-state index contributed by atoms with van der Waals surface area (Å²) in [4.78, 5) is 25.2. The second kappa shape index (κ2) is 36.3. The fraction of sp³-hybridized carbons (Fsp3) is 0.842. The SMILES string of the molecule is CCCCCCCCN(CCCCCCCC)c1nc2c(s1)c1nc(N(CCCCCCCC)CCCCCCCC)sc1c1nc(N(CCCCCCCC)CCCCCCCC)sc21. The van der Waals surface area contributed by atoms with E-state index in [0.717, 1.165) is 39.3 Å². The van der Waals surface area contributed by atoms with E-state index in [1.165, 1.54) is 277 Å². The van der Waals surface area contributed by atoms with Gasteiger partial charge in [-0.1, -0.05) is 268 Å². The summed E-state index contributed by atoms with van der Waals surface area (Å²) in [6.45, 7) is 20.6. The van der Waals surface area contributed by atoms with Crippen LogP contribution in [0.3, 0.4) is 0 Å². The third kappa shape index (κ3) is 20.7. The van der Waals surface area contributed by atoms with Crippen LogP contribution in [-0.4, -0.2) is 54.2 Å². The number of thiazole rings is 3. The van der Waals surface area contributed by atoms with Crippen molar-refractivity contribution in [3.8, 4) is 0 Å². The highest BCUT2D eigenvalue weighted by molar-refractivity contribution is 7.29. The fourth-order valence-corrected chi connectivity index (χ4v) is 13.2. The highest BCUT2D eigenvalue weighted by Gasteiger charge is 2.25. The second-order valence-corrected chi connectivity index (χ2v) is 23.0. The molecule has 1 aromatic carbocycles. The molecule has 4 aromatic rings. The van der Waals surface area contributed by atoms with Crippen LogP contribution in [0, 0.1) is 0 Å². The lowest BCUT2D eigenvalue weighted by Crippen LogP contribution is -2.25. The molecule has 0 saturated heterocycles. The smallest absolute Gasteiger partial charge is 0.186 e.